The Kier molecular flexibility index (Phi) is 5.67. The molecular formula is C20H16BrClN4O2S. The zero-order chi connectivity index (χ0) is 20.5. The first kappa shape index (κ1) is 20.0. The molecule has 29 heavy (non-hydrogen) atoms. The Morgan fingerprint density at radius 1 is 1.28 bits per heavy atom. The highest BCUT2D eigenvalue weighted by atomic mass is 79.9. The van der Waals surface area contributed by atoms with Crippen LogP contribution in [0.1, 0.15) is 5.56 Å². The molecule has 1 N–H and O–H groups in total. The van der Waals surface area contributed by atoms with E-state index in [-0.39, 0.29) is 11.7 Å². The molecule has 2 aromatic heterocycles. The summed E-state index contributed by atoms with van der Waals surface area (Å²) in [6, 6.07) is 13.1. The highest BCUT2D eigenvalue weighted by Gasteiger charge is 2.17. The third kappa shape index (κ3) is 4.19. The van der Waals surface area contributed by atoms with Crippen LogP contribution in [0.25, 0.3) is 22.6 Å². The fraction of sp³-hybridized carbons (Fsp3) is 0.150. The summed E-state index contributed by atoms with van der Waals surface area (Å²) >= 11 is 10.9. The number of halogens is 2. The number of benzene rings is 2. The summed E-state index contributed by atoms with van der Waals surface area (Å²) < 4.78 is 8.68. The van der Waals surface area contributed by atoms with Crippen molar-refractivity contribution in [1.29, 1.82) is 0 Å². The van der Waals surface area contributed by atoms with Crippen LogP contribution in [0, 0.1) is 6.92 Å². The third-order valence-electron chi connectivity index (χ3n) is 4.41. The van der Waals surface area contributed by atoms with Crippen molar-refractivity contribution in [3.05, 3.63) is 57.5 Å². The van der Waals surface area contributed by atoms with Gasteiger partial charge in [0, 0.05) is 27.6 Å². The lowest BCUT2D eigenvalue weighted by Gasteiger charge is -2.09. The molecule has 0 atom stereocenters. The highest BCUT2D eigenvalue weighted by Crippen LogP contribution is 2.30. The molecule has 2 heterocycles. The monoisotopic (exact) mass is 490 g/mol. The molecule has 0 bridgehead atoms. The van der Waals surface area contributed by atoms with E-state index >= 15 is 0 Å². The van der Waals surface area contributed by atoms with Crippen LogP contribution in [0.3, 0.4) is 0 Å². The van der Waals surface area contributed by atoms with Gasteiger partial charge in [-0.15, -0.1) is 10.2 Å². The number of carbonyl (C=O) groups excluding carboxylic acids is 1. The smallest absolute Gasteiger partial charge is 0.234 e. The average Bonchev–Trinajstić information content (AvgIpc) is 3.26. The number of hydrogen-bond acceptors (Lipinski definition) is 5. The molecule has 6 nitrogen and oxygen atoms in total. The Morgan fingerprint density at radius 3 is 2.93 bits per heavy atom. The second kappa shape index (κ2) is 8.22. The summed E-state index contributed by atoms with van der Waals surface area (Å²) in [5, 5.41) is 13.5. The number of thioether (sulfide) groups is 1. The third-order valence-corrected chi connectivity index (χ3v) is 6.33. The first-order valence-electron chi connectivity index (χ1n) is 8.69. The van der Waals surface area contributed by atoms with E-state index in [4.69, 9.17) is 16.0 Å². The second-order valence-electron chi connectivity index (χ2n) is 6.41. The van der Waals surface area contributed by atoms with Gasteiger partial charge in [0.2, 0.25) is 5.91 Å². The van der Waals surface area contributed by atoms with Gasteiger partial charge >= 0.3 is 0 Å². The molecule has 0 radical (unpaired) electrons. The minimum Gasteiger partial charge on any atom is -0.453 e. The van der Waals surface area contributed by atoms with Crippen LogP contribution in [0.5, 0.6) is 0 Å². The molecule has 0 aliphatic heterocycles. The molecular weight excluding hydrogens is 476 g/mol. The topological polar surface area (TPSA) is 73.0 Å². The van der Waals surface area contributed by atoms with Crippen LogP contribution >= 0.6 is 39.3 Å². The first-order chi connectivity index (χ1) is 13.9. The van der Waals surface area contributed by atoms with Crippen LogP contribution < -0.4 is 5.32 Å². The Labute approximate surface area is 184 Å². The van der Waals surface area contributed by atoms with E-state index in [1.807, 2.05) is 48.9 Å². The predicted molar refractivity (Wildman–Crippen MR) is 119 cm³/mol. The molecule has 0 aliphatic rings. The van der Waals surface area contributed by atoms with Crippen LogP contribution in [0.4, 0.5) is 5.69 Å². The van der Waals surface area contributed by atoms with Gasteiger partial charge in [-0.05, 0) is 48.9 Å². The van der Waals surface area contributed by atoms with Gasteiger partial charge in [0.1, 0.15) is 5.58 Å². The zero-order valence-corrected chi connectivity index (χ0v) is 18.7. The van der Waals surface area contributed by atoms with E-state index < -0.39 is 0 Å². The van der Waals surface area contributed by atoms with Crippen molar-refractivity contribution in [1.82, 2.24) is 14.8 Å². The summed E-state index contributed by atoms with van der Waals surface area (Å²) in [5.74, 6) is 1.29. The molecule has 2 aromatic carbocycles. The number of carbonyl (C=O) groups is 1. The lowest BCUT2D eigenvalue weighted by atomic mass is 10.2. The van der Waals surface area contributed by atoms with E-state index in [2.05, 4.69) is 31.4 Å². The first-order valence-corrected chi connectivity index (χ1v) is 10.8. The number of rotatable bonds is 5. The standard InChI is InChI=1S/C20H16BrClN4O2S/c1-11-14(22)4-3-5-15(11)23-18(27)10-29-20-25-24-19(26(20)2)17-9-12-8-13(21)6-7-16(12)28-17/h3-9H,10H2,1-2H3,(H,23,27). The lowest BCUT2D eigenvalue weighted by Crippen LogP contribution is -2.15. The number of furan rings is 1. The summed E-state index contributed by atoms with van der Waals surface area (Å²) in [6.07, 6.45) is 0. The molecule has 0 spiro atoms. The number of nitrogens with one attached hydrogen (secondary N) is 1. The highest BCUT2D eigenvalue weighted by molar-refractivity contribution is 9.10. The summed E-state index contributed by atoms with van der Waals surface area (Å²) in [5.41, 5.74) is 2.32. The van der Waals surface area contributed by atoms with Crippen molar-refractivity contribution in [3.63, 3.8) is 0 Å². The van der Waals surface area contributed by atoms with Crippen LogP contribution in [-0.4, -0.2) is 26.4 Å². The molecule has 1 amide bonds. The fourth-order valence-electron chi connectivity index (χ4n) is 2.84. The van der Waals surface area contributed by atoms with Gasteiger partial charge in [-0.25, -0.2) is 0 Å². The van der Waals surface area contributed by atoms with E-state index in [1.165, 1.54) is 11.8 Å². The van der Waals surface area contributed by atoms with Gasteiger partial charge in [-0.2, -0.15) is 0 Å². The summed E-state index contributed by atoms with van der Waals surface area (Å²) in [6.45, 7) is 1.87. The number of nitrogens with zero attached hydrogens (tertiary/aromatic N) is 3. The van der Waals surface area contributed by atoms with Crippen molar-refractivity contribution in [2.24, 2.45) is 7.05 Å². The second-order valence-corrected chi connectivity index (χ2v) is 8.67. The molecule has 0 saturated heterocycles. The van der Waals surface area contributed by atoms with Gasteiger partial charge in [0.05, 0.1) is 5.75 Å². The maximum absolute atomic E-state index is 12.3. The number of anilines is 1. The largest absolute Gasteiger partial charge is 0.453 e. The fourth-order valence-corrected chi connectivity index (χ4v) is 4.10. The number of aromatic nitrogens is 3. The van der Waals surface area contributed by atoms with Crippen LogP contribution in [0.2, 0.25) is 5.02 Å². The van der Waals surface area contributed by atoms with Gasteiger partial charge < -0.3 is 14.3 Å². The summed E-state index contributed by atoms with van der Waals surface area (Å²) in [4.78, 5) is 12.3. The van der Waals surface area contributed by atoms with E-state index in [0.29, 0.717) is 27.5 Å². The van der Waals surface area contributed by atoms with Gasteiger partial charge in [-0.1, -0.05) is 45.4 Å². The van der Waals surface area contributed by atoms with Crippen LogP contribution in [0.15, 0.2) is 56.5 Å². The molecule has 4 rings (SSSR count). The number of amides is 1. The van der Waals surface area contributed by atoms with Gasteiger partial charge in [0.15, 0.2) is 16.7 Å². The zero-order valence-electron chi connectivity index (χ0n) is 15.6. The van der Waals surface area contributed by atoms with Crippen LogP contribution in [-0.2, 0) is 11.8 Å². The molecule has 4 aromatic rings. The maximum atomic E-state index is 12.3. The Morgan fingerprint density at radius 2 is 2.10 bits per heavy atom. The molecule has 0 unspecified atom stereocenters. The van der Waals surface area contributed by atoms with Crippen molar-refractivity contribution in [2.45, 2.75) is 12.1 Å². The Hall–Kier alpha value is -2.29. The van der Waals surface area contributed by atoms with Crippen molar-refractivity contribution < 1.29 is 9.21 Å². The molecule has 0 fully saturated rings. The number of hydrogen-bond donors (Lipinski definition) is 1. The SMILES string of the molecule is Cc1c(Cl)cccc1NC(=O)CSc1nnc(-c2cc3cc(Br)ccc3o2)n1C. The van der Waals surface area contributed by atoms with Crippen molar-refractivity contribution in [3.8, 4) is 11.6 Å². The molecule has 9 heteroatoms. The van der Waals surface area contributed by atoms with Gasteiger partial charge in [0.25, 0.3) is 0 Å². The van der Waals surface area contributed by atoms with Gasteiger partial charge in [-0.3, -0.25) is 4.79 Å². The Balaban J connectivity index is 1.47. The van der Waals surface area contributed by atoms with E-state index in [1.54, 1.807) is 12.1 Å². The summed E-state index contributed by atoms with van der Waals surface area (Å²) in [7, 11) is 1.85. The number of fused-ring (bicyclic) bond motifs is 1. The molecule has 0 aliphatic carbocycles. The van der Waals surface area contributed by atoms with E-state index in [0.717, 1.165) is 21.0 Å². The minimum atomic E-state index is -0.140. The molecule has 148 valence electrons. The molecule has 0 saturated carbocycles. The maximum Gasteiger partial charge on any atom is 0.234 e. The Bertz CT molecular complexity index is 1220. The van der Waals surface area contributed by atoms with E-state index in [9.17, 15) is 4.79 Å². The lowest BCUT2D eigenvalue weighted by molar-refractivity contribution is -0.113. The van der Waals surface area contributed by atoms with Crippen molar-refractivity contribution >= 4 is 61.9 Å². The van der Waals surface area contributed by atoms with Crippen molar-refractivity contribution in [2.75, 3.05) is 11.1 Å². The minimum absolute atomic E-state index is 0.140. The quantitative estimate of drug-likeness (QED) is 0.363. The average molecular weight is 492 g/mol. The predicted octanol–water partition coefficient (Wildman–Crippen LogP) is 5.68. The normalized spacial score (nSPS) is 11.2.